The number of benzene rings is 1. The van der Waals surface area contributed by atoms with Gasteiger partial charge in [-0.05, 0) is 42.3 Å². The van der Waals surface area contributed by atoms with Gasteiger partial charge in [-0.1, -0.05) is 24.6 Å². The van der Waals surface area contributed by atoms with Crippen LogP contribution in [-0.4, -0.2) is 23.1 Å². The smallest absolute Gasteiger partial charge is 0.262 e. The topological polar surface area (TPSA) is 66.4 Å². The molecule has 2 rings (SSSR count). The second-order valence-corrected chi connectivity index (χ2v) is 5.07. The first kappa shape index (κ1) is 16.0. The number of carbonyl (C=O) groups excluding carboxylic acids is 1. The predicted octanol–water partition coefficient (Wildman–Crippen LogP) is 3.08. The first-order valence-electron chi connectivity index (χ1n) is 6.94. The molecule has 2 aromatic rings. The maximum Gasteiger partial charge on any atom is 0.262 e. The Kier molecular flexibility index (Phi) is 5.91. The minimum atomic E-state index is -0.381. The van der Waals surface area contributed by atoms with Gasteiger partial charge in [0.1, 0.15) is 6.04 Å². The molecule has 1 aromatic carbocycles. The van der Waals surface area contributed by atoms with Gasteiger partial charge in [0.05, 0.1) is 6.21 Å². The molecule has 114 valence electrons. The van der Waals surface area contributed by atoms with E-state index in [2.05, 4.69) is 20.8 Å². The van der Waals surface area contributed by atoms with Crippen LogP contribution in [0.5, 0.6) is 0 Å². The lowest BCUT2D eigenvalue weighted by Crippen LogP contribution is -2.36. The summed E-state index contributed by atoms with van der Waals surface area (Å²) in [5.41, 5.74) is 4.20. The highest BCUT2D eigenvalue weighted by Crippen LogP contribution is 2.16. The van der Waals surface area contributed by atoms with Crippen LogP contribution in [0.15, 0.2) is 53.9 Å². The molecule has 0 saturated heterocycles. The molecule has 0 aliphatic rings. The fourth-order valence-electron chi connectivity index (χ4n) is 1.83. The number of nitrogens with one attached hydrogen (secondary N) is 2. The monoisotopic (exact) mass is 316 g/mol. The summed E-state index contributed by atoms with van der Waals surface area (Å²) in [5, 5.41) is 7.71. The van der Waals surface area contributed by atoms with E-state index in [1.165, 1.54) is 0 Å². The molecule has 0 aliphatic carbocycles. The predicted molar refractivity (Wildman–Crippen MR) is 89.1 cm³/mol. The summed E-state index contributed by atoms with van der Waals surface area (Å²) in [6.45, 7) is 1.92. The minimum Gasteiger partial charge on any atom is -0.374 e. The van der Waals surface area contributed by atoms with E-state index in [4.69, 9.17) is 11.6 Å². The standard InChI is InChI=1S/C16H17ClN4O/c1-2-15(20-14-5-3-4-13(17)10-14)16(22)21-19-11-12-6-8-18-9-7-12/h3-11,15,20H,2H2,1H3,(H,21,22)/b19-11+. The van der Waals surface area contributed by atoms with Gasteiger partial charge in [-0.25, -0.2) is 5.43 Å². The Balaban J connectivity index is 1.93. The van der Waals surface area contributed by atoms with E-state index < -0.39 is 0 Å². The van der Waals surface area contributed by atoms with Gasteiger partial charge in [-0.15, -0.1) is 0 Å². The SMILES string of the molecule is CCC(Nc1cccc(Cl)c1)C(=O)N/N=C/c1ccncc1. The zero-order chi connectivity index (χ0) is 15.8. The third kappa shape index (κ3) is 4.86. The number of carbonyl (C=O) groups is 1. The van der Waals surface area contributed by atoms with Crippen LogP contribution in [0.3, 0.4) is 0 Å². The van der Waals surface area contributed by atoms with Crippen LogP contribution in [0.1, 0.15) is 18.9 Å². The number of halogens is 1. The molecule has 0 fully saturated rings. The maximum absolute atomic E-state index is 12.1. The van der Waals surface area contributed by atoms with Crippen molar-refractivity contribution in [3.8, 4) is 0 Å². The summed E-state index contributed by atoms with van der Waals surface area (Å²) in [5.74, 6) is -0.201. The van der Waals surface area contributed by atoms with E-state index in [1.54, 1.807) is 42.9 Å². The summed E-state index contributed by atoms with van der Waals surface area (Å²) in [6.07, 6.45) is 5.53. The molecule has 1 unspecified atom stereocenters. The number of hydrogen-bond donors (Lipinski definition) is 2. The molecule has 1 heterocycles. The van der Waals surface area contributed by atoms with Gasteiger partial charge in [0.25, 0.3) is 5.91 Å². The summed E-state index contributed by atoms with van der Waals surface area (Å²) < 4.78 is 0. The van der Waals surface area contributed by atoms with Crippen molar-refractivity contribution in [2.45, 2.75) is 19.4 Å². The van der Waals surface area contributed by atoms with Crippen LogP contribution in [0.4, 0.5) is 5.69 Å². The van der Waals surface area contributed by atoms with Gasteiger partial charge in [0, 0.05) is 23.1 Å². The number of anilines is 1. The Labute approximate surface area is 134 Å². The van der Waals surface area contributed by atoms with Crippen LogP contribution in [0.25, 0.3) is 0 Å². The van der Waals surface area contributed by atoms with E-state index in [0.717, 1.165) is 11.3 Å². The average Bonchev–Trinajstić information content (AvgIpc) is 2.53. The molecule has 5 nitrogen and oxygen atoms in total. The first-order chi connectivity index (χ1) is 10.7. The molecule has 1 atom stereocenters. The lowest BCUT2D eigenvalue weighted by Gasteiger charge is -2.16. The number of hydrazone groups is 1. The second kappa shape index (κ2) is 8.14. The van der Waals surface area contributed by atoms with Crippen molar-refractivity contribution >= 4 is 29.4 Å². The fraction of sp³-hybridized carbons (Fsp3) is 0.188. The van der Waals surface area contributed by atoms with Crippen molar-refractivity contribution in [2.24, 2.45) is 5.10 Å². The Bertz CT molecular complexity index is 646. The first-order valence-corrected chi connectivity index (χ1v) is 7.32. The molecule has 2 N–H and O–H groups in total. The highest BCUT2D eigenvalue weighted by atomic mass is 35.5. The zero-order valence-corrected chi connectivity index (χ0v) is 12.9. The Morgan fingerprint density at radius 3 is 2.82 bits per heavy atom. The van der Waals surface area contributed by atoms with Gasteiger partial charge in [0.15, 0.2) is 0 Å². The molecule has 6 heteroatoms. The van der Waals surface area contributed by atoms with Crippen LogP contribution < -0.4 is 10.7 Å². The third-order valence-electron chi connectivity index (χ3n) is 2.98. The van der Waals surface area contributed by atoms with E-state index in [9.17, 15) is 4.79 Å². The van der Waals surface area contributed by atoms with Crippen LogP contribution >= 0.6 is 11.6 Å². The van der Waals surface area contributed by atoms with Crippen molar-refractivity contribution in [3.63, 3.8) is 0 Å². The van der Waals surface area contributed by atoms with E-state index in [1.807, 2.05) is 19.1 Å². The molecule has 0 bridgehead atoms. The third-order valence-corrected chi connectivity index (χ3v) is 3.22. The number of amides is 1. The molecular weight excluding hydrogens is 300 g/mol. The molecule has 22 heavy (non-hydrogen) atoms. The lowest BCUT2D eigenvalue weighted by molar-refractivity contribution is -0.121. The van der Waals surface area contributed by atoms with Gasteiger partial charge >= 0.3 is 0 Å². The molecule has 0 spiro atoms. The van der Waals surface area contributed by atoms with Crippen molar-refractivity contribution in [2.75, 3.05) is 5.32 Å². The van der Waals surface area contributed by atoms with E-state index in [-0.39, 0.29) is 11.9 Å². The Morgan fingerprint density at radius 1 is 1.36 bits per heavy atom. The van der Waals surface area contributed by atoms with Crippen LogP contribution in [-0.2, 0) is 4.79 Å². The largest absolute Gasteiger partial charge is 0.374 e. The summed E-state index contributed by atoms with van der Waals surface area (Å²) >= 11 is 5.93. The van der Waals surface area contributed by atoms with Gasteiger partial charge in [0.2, 0.25) is 0 Å². The number of hydrogen-bond acceptors (Lipinski definition) is 4. The van der Waals surface area contributed by atoms with E-state index >= 15 is 0 Å². The Hall–Kier alpha value is -2.40. The Morgan fingerprint density at radius 2 is 2.14 bits per heavy atom. The number of aromatic nitrogens is 1. The molecular formula is C16H17ClN4O. The van der Waals surface area contributed by atoms with Crippen molar-refractivity contribution in [1.29, 1.82) is 0 Å². The van der Waals surface area contributed by atoms with Crippen molar-refractivity contribution < 1.29 is 4.79 Å². The van der Waals surface area contributed by atoms with Gasteiger partial charge < -0.3 is 5.32 Å². The molecule has 1 aromatic heterocycles. The van der Waals surface area contributed by atoms with Gasteiger partial charge in [-0.2, -0.15) is 5.10 Å². The number of rotatable bonds is 6. The highest BCUT2D eigenvalue weighted by Gasteiger charge is 2.15. The molecule has 0 radical (unpaired) electrons. The average molecular weight is 317 g/mol. The minimum absolute atomic E-state index is 0.201. The second-order valence-electron chi connectivity index (χ2n) is 4.63. The zero-order valence-electron chi connectivity index (χ0n) is 12.2. The van der Waals surface area contributed by atoms with Crippen molar-refractivity contribution in [3.05, 3.63) is 59.4 Å². The van der Waals surface area contributed by atoms with Crippen LogP contribution in [0.2, 0.25) is 5.02 Å². The van der Waals surface area contributed by atoms with E-state index in [0.29, 0.717) is 11.4 Å². The lowest BCUT2D eigenvalue weighted by atomic mass is 10.2. The fourth-order valence-corrected chi connectivity index (χ4v) is 2.02. The normalized spacial score (nSPS) is 12.1. The van der Waals surface area contributed by atoms with Crippen molar-refractivity contribution in [1.82, 2.24) is 10.4 Å². The summed E-state index contributed by atoms with van der Waals surface area (Å²) in [7, 11) is 0. The van der Waals surface area contributed by atoms with Gasteiger partial charge in [-0.3, -0.25) is 9.78 Å². The summed E-state index contributed by atoms with van der Waals surface area (Å²) in [6, 6.07) is 10.5. The number of nitrogens with zero attached hydrogens (tertiary/aromatic N) is 2. The number of pyridine rings is 1. The molecule has 1 amide bonds. The highest BCUT2D eigenvalue weighted by molar-refractivity contribution is 6.30. The molecule has 0 aliphatic heterocycles. The van der Waals surface area contributed by atoms with Crippen LogP contribution in [0, 0.1) is 0 Å². The molecule has 0 saturated carbocycles. The quantitative estimate of drug-likeness (QED) is 0.636. The summed E-state index contributed by atoms with van der Waals surface area (Å²) in [4.78, 5) is 16.0. The maximum atomic E-state index is 12.1.